The van der Waals surface area contributed by atoms with E-state index in [2.05, 4.69) is 12.2 Å². The zero-order valence-corrected chi connectivity index (χ0v) is 31.4. The summed E-state index contributed by atoms with van der Waals surface area (Å²) in [5.41, 5.74) is 2.15. The molecule has 14 nitrogen and oxygen atoms in total. The molecule has 1 saturated carbocycles. The van der Waals surface area contributed by atoms with Crippen molar-refractivity contribution in [1.82, 2.24) is 9.80 Å². The summed E-state index contributed by atoms with van der Waals surface area (Å²) >= 11 is 0. The number of carbonyl (C=O) groups excluding carboxylic acids is 4. The summed E-state index contributed by atoms with van der Waals surface area (Å²) < 4.78 is 44.8. The Morgan fingerprint density at radius 3 is 2.15 bits per heavy atom. The average molecular weight is 755 g/mol. The molecule has 1 unspecified atom stereocenters. The highest BCUT2D eigenvalue weighted by atomic mass is 16.7. The summed E-state index contributed by atoms with van der Waals surface area (Å²) in [7, 11) is 0. The van der Waals surface area contributed by atoms with Crippen LogP contribution in [0.3, 0.4) is 0 Å². The van der Waals surface area contributed by atoms with Crippen molar-refractivity contribution >= 4 is 23.8 Å². The highest BCUT2D eigenvalue weighted by Gasteiger charge is 2.57. The van der Waals surface area contributed by atoms with Crippen LogP contribution in [0.5, 0.6) is 0 Å². The Hall–Kier alpha value is -3.40. The van der Waals surface area contributed by atoms with Gasteiger partial charge in [0.05, 0.1) is 64.7 Å². The third kappa shape index (κ3) is 8.84. The van der Waals surface area contributed by atoms with Crippen LogP contribution >= 0.6 is 0 Å². The number of hydrogen-bond acceptors (Lipinski definition) is 12. The molecule has 5 aliphatic heterocycles. The molecule has 6 fully saturated rings. The van der Waals surface area contributed by atoms with E-state index in [4.69, 9.17) is 37.9 Å². The summed E-state index contributed by atoms with van der Waals surface area (Å²) in [5, 5.41) is 0. The van der Waals surface area contributed by atoms with E-state index >= 15 is 0 Å². The number of allylic oxidation sites excluding steroid dienone is 2. The van der Waals surface area contributed by atoms with Gasteiger partial charge in [-0.25, -0.2) is 4.79 Å². The van der Waals surface area contributed by atoms with Gasteiger partial charge in [0.2, 0.25) is 11.8 Å². The second-order valence-electron chi connectivity index (χ2n) is 15.3. The molecule has 296 valence electrons. The minimum atomic E-state index is -0.560. The largest absolute Gasteiger partial charge is 0.462 e. The molecule has 0 radical (unpaired) electrons. The predicted molar refractivity (Wildman–Crippen MR) is 191 cm³/mol. The van der Waals surface area contributed by atoms with Gasteiger partial charge in [-0.3, -0.25) is 14.4 Å². The molecule has 0 bridgehead atoms. The van der Waals surface area contributed by atoms with Crippen molar-refractivity contribution in [2.45, 2.75) is 76.2 Å². The Morgan fingerprint density at radius 2 is 1.48 bits per heavy atom. The molecule has 5 saturated heterocycles. The van der Waals surface area contributed by atoms with Gasteiger partial charge in [-0.05, 0) is 44.3 Å². The number of hydrogen-bond donors (Lipinski definition) is 0. The van der Waals surface area contributed by atoms with Gasteiger partial charge in [0, 0.05) is 69.9 Å². The number of cyclic esters (lactones) is 1. The van der Waals surface area contributed by atoms with Crippen molar-refractivity contribution in [2.75, 3.05) is 79.0 Å². The molecule has 0 aromatic rings. The summed E-state index contributed by atoms with van der Waals surface area (Å²) in [5.74, 6) is -2.16. The van der Waals surface area contributed by atoms with Gasteiger partial charge >= 0.3 is 11.9 Å². The summed E-state index contributed by atoms with van der Waals surface area (Å²) in [6, 6.07) is 0. The molecule has 54 heavy (non-hydrogen) atoms. The maximum Gasteiger partial charge on any atom is 0.331 e. The van der Waals surface area contributed by atoms with Gasteiger partial charge < -0.3 is 47.7 Å². The van der Waals surface area contributed by atoms with Gasteiger partial charge in [-0.15, -0.1) is 0 Å². The molecule has 6 atom stereocenters. The highest BCUT2D eigenvalue weighted by molar-refractivity contribution is 5.88. The molecule has 2 amide bonds. The van der Waals surface area contributed by atoms with Crippen LogP contribution in [0.4, 0.5) is 0 Å². The van der Waals surface area contributed by atoms with Crippen LogP contribution in [0.1, 0.15) is 52.4 Å². The molecular formula is C40H54N2O12. The Morgan fingerprint density at radius 1 is 0.852 bits per heavy atom. The number of nitrogens with zero attached hydrogens (tertiary/aromatic N) is 2. The van der Waals surface area contributed by atoms with Crippen molar-refractivity contribution in [3.05, 3.63) is 47.6 Å². The SMILES string of the molecule is CC1OC(=O)[C@@H]2C=C3CC4(CC[C@H]3[C@H](C(=O)N3CCOCC3)[C@H]12)OCCO4.C[C@H](/C=C\C(=O)N1CCOCC1)OC(=O)/C=C/C1=CCCC2(C1)OCCO2. The van der Waals surface area contributed by atoms with E-state index in [0.717, 1.165) is 36.8 Å². The topological polar surface area (TPSA) is 149 Å². The van der Waals surface area contributed by atoms with Crippen LogP contribution in [0.2, 0.25) is 0 Å². The lowest BCUT2D eigenvalue weighted by Crippen LogP contribution is -2.52. The fourth-order valence-electron chi connectivity index (χ4n) is 9.10. The molecule has 3 aliphatic carbocycles. The molecule has 0 aromatic heterocycles. The monoisotopic (exact) mass is 754 g/mol. The van der Waals surface area contributed by atoms with Crippen molar-refractivity contribution in [1.29, 1.82) is 0 Å². The van der Waals surface area contributed by atoms with Gasteiger partial charge in [0.15, 0.2) is 11.6 Å². The lowest BCUT2D eigenvalue weighted by atomic mass is 9.61. The van der Waals surface area contributed by atoms with Crippen molar-refractivity contribution in [2.24, 2.45) is 23.7 Å². The smallest absolute Gasteiger partial charge is 0.331 e. The average Bonchev–Trinajstić information content (AvgIpc) is 3.91. The highest BCUT2D eigenvalue weighted by Crippen LogP contribution is 2.53. The minimum absolute atomic E-state index is 0.0824. The zero-order chi connectivity index (χ0) is 37.7. The molecular weight excluding hydrogens is 700 g/mol. The van der Waals surface area contributed by atoms with Crippen molar-refractivity contribution in [3.8, 4) is 0 Å². The first-order valence-electron chi connectivity index (χ1n) is 19.6. The van der Waals surface area contributed by atoms with E-state index in [0.29, 0.717) is 91.9 Å². The lowest BCUT2D eigenvalue weighted by molar-refractivity contribution is -0.177. The Bertz CT molecular complexity index is 1510. The standard InChI is InChI=1S/2C20H27NO6/c1-12-16-15(19(23)27-12)10-13-11-20(25-8-9-26-20)3-2-14(13)17(16)18(22)21-4-6-24-7-5-21;1-16(4-6-18(22)21-9-11-24-12-10-21)27-19(23)7-5-17-3-2-8-20(15-17)25-13-14-26-20/h10,12,14-17H,2-9,11H2,1H3;3-7,16H,2,8-15H2,1H3/b;6-4-,7-5+/t12?,14-,15-,16-,17+;16-/m11/s1. The van der Waals surface area contributed by atoms with E-state index in [9.17, 15) is 19.2 Å². The molecule has 8 rings (SSSR count). The second kappa shape index (κ2) is 17.2. The van der Waals surface area contributed by atoms with Gasteiger partial charge in [0.1, 0.15) is 12.2 Å². The molecule has 8 aliphatic rings. The summed E-state index contributed by atoms with van der Waals surface area (Å²) in [6.45, 7) is 10.8. The van der Waals surface area contributed by atoms with E-state index in [1.165, 1.54) is 12.2 Å². The zero-order valence-electron chi connectivity index (χ0n) is 31.4. The molecule has 0 N–H and O–H groups in total. The number of fused-ring (bicyclic) bond motifs is 2. The first-order valence-corrected chi connectivity index (χ1v) is 19.6. The number of rotatable bonds is 6. The number of ether oxygens (including phenoxy) is 8. The van der Waals surface area contributed by atoms with Crippen LogP contribution in [-0.2, 0) is 57.1 Å². The normalized spacial score (nSPS) is 32.0. The maximum absolute atomic E-state index is 13.5. The predicted octanol–water partition coefficient (Wildman–Crippen LogP) is 2.87. The van der Waals surface area contributed by atoms with Crippen LogP contribution < -0.4 is 0 Å². The number of carbonyl (C=O) groups is 4. The van der Waals surface area contributed by atoms with Crippen LogP contribution in [0, 0.1) is 23.7 Å². The summed E-state index contributed by atoms with van der Waals surface area (Å²) in [4.78, 5) is 53.7. The van der Waals surface area contributed by atoms with E-state index in [1.54, 1.807) is 24.0 Å². The minimum Gasteiger partial charge on any atom is -0.462 e. The molecule has 0 aromatic carbocycles. The van der Waals surface area contributed by atoms with Gasteiger partial charge in [0.25, 0.3) is 0 Å². The number of amides is 2. The Labute approximate surface area is 316 Å². The third-order valence-electron chi connectivity index (χ3n) is 11.8. The molecule has 5 heterocycles. The van der Waals surface area contributed by atoms with E-state index in [1.807, 2.05) is 11.8 Å². The fraction of sp³-hybridized carbons (Fsp3) is 0.700. The van der Waals surface area contributed by atoms with Crippen LogP contribution in [0.25, 0.3) is 0 Å². The van der Waals surface area contributed by atoms with Gasteiger partial charge in [-0.1, -0.05) is 23.8 Å². The lowest BCUT2D eigenvalue weighted by Gasteiger charge is -2.46. The maximum atomic E-state index is 13.5. The van der Waals surface area contributed by atoms with Crippen molar-refractivity contribution in [3.63, 3.8) is 0 Å². The quantitative estimate of drug-likeness (QED) is 0.223. The van der Waals surface area contributed by atoms with Crippen LogP contribution in [0.15, 0.2) is 47.6 Å². The van der Waals surface area contributed by atoms with E-state index in [-0.39, 0.29) is 47.6 Å². The summed E-state index contributed by atoms with van der Waals surface area (Å²) in [6.07, 6.45) is 14.3. The first kappa shape index (κ1) is 38.9. The third-order valence-corrected chi connectivity index (χ3v) is 11.8. The Balaban J connectivity index is 0.000000167. The van der Waals surface area contributed by atoms with Gasteiger partial charge in [-0.2, -0.15) is 0 Å². The number of morpholine rings is 2. The second-order valence-corrected chi connectivity index (χ2v) is 15.3. The van der Waals surface area contributed by atoms with Crippen molar-refractivity contribution < 1.29 is 57.1 Å². The van der Waals surface area contributed by atoms with E-state index < -0.39 is 23.6 Å². The molecule has 14 heteroatoms. The Kier molecular flexibility index (Phi) is 12.4. The first-order chi connectivity index (χ1) is 26.1. The molecule has 2 spiro atoms. The fourth-order valence-corrected chi connectivity index (χ4v) is 9.10. The van der Waals surface area contributed by atoms with Crippen LogP contribution in [-0.4, -0.2) is 136 Å². The number of esters is 2.